The molecule has 1 aromatic carbocycles. The second-order valence-corrected chi connectivity index (χ2v) is 4.26. The van der Waals surface area contributed by atoms with Crippen LogP contribution < -0.4 is 0 Å². The molecule has 1 aliphatic rings. The summed E-state index contributed by atoms with van der Waals surface area (Å²) in [6, 6.07) is 9.47. The number of amides is 1. The quantitative estimate of drug-likeness (QED) is 0.603. The number of hydrogen-bond acceptors (Lipinski definition) is 5. The highest BCUT2D eigenvalue weighted by Crippen LogP contribution is 2.11. The normalized spacial score (nSPS) is 19.4. The van der Waals surface area contributed by atoms with Gasteiger partial charge in [-0.1, -0.05) is 30.3 Å². The summed E-state index contributed by atoms with van der Waals surface area (Å²) in [4.78, 5) is 23.3. The predicted octanol–water partition coefficient (Wildman–Crippen LogP) is 0.811. The van der Waals surface area contributed by atoms with Crippen LogP contribution in [0.15, 0.2) is 35.4 Å². The van der Waals surface area contributed by atoms with E-state index in [0.29, 0.717) is 13.2 Å². The molecule has 1 fully saturated rings. The lowest BCUT2D eigenvalue weighted by Gasteiger charge is -2.28. The third kappa shape index (κ3) is 3.64. The van der Waals surface area contributed by atoms with Gasteiger partial charge in [-0.3, -0.25) is 9.59 Å². The number of hydrazone groups is 1. The second kappa shape index (κ2) is 6.81. The summed E-state index contributed by atoms with van der Waals surface area (Å²) < 4.78 is 9.82. The van der Waals surface area contributed by atoms with Crippen molar-refractivity contribution >= 4 is 18.1 Å². The molecule has 0 saturated carbocycles. The molecule has 1 saturated heterocycles. The van der Waals surface area contributed by atoms with Crippen molar-refractivity contribution in [1.82, 2.24) is 5.01 Å². The number of nitrogens with zero attached hydrogens (tertiary/aromatic N) is 2. The molecule has 1 aliphatic heterocycles. The summed E-state index contributed by atoms with van der Waals surface area (Å²) in [5.74, 6) is -0.800. The van der Waals surface area contributed by atoms with Crippen LogP contribution in [0.4, 0.5) is 0 Å². The average Bonchev–Trinajstić information content (AvgIpc) is 2.49. The number of hydrogen-bond donors (Lipinski definition) is 0. The first-order valence-electron chi connectivity index (χ1n) is 6.29. The van der Waals surface area contributed by atoms with Crippen LogP contribution in [0.3, 0.4) is 0 Å². The monoisotopic (exact) mass is 276 g/mol. The third-order valence-corrected chi connectivity index (χ3v) is 2.88. The summed E-state index contributed by atoms with van der Waals surface area (Å²) in [6.45, 7) is 0.722. The van der Waals surface area contributed by atoms with E-state index >= 15 is 0 Å². The minimum Gasteiger partial charge on any atom is -0.469 e. The third-order valence-electron chi connectivity index (χ3n) is 2.88. The van der Waals surface area contributed by atoms with Gasteiger partial charge in [0.05, 0.1) is 32.9 Å². The lowest BCUT2D eigenvalue weighted by Crippen LogP contribution is -2.46. The Morgan fingerprint density at radius 3 is 2.95 bits per heavy atom. The molecule has 0 radical (unpaired) electrons. The maximum Gasteiger partial charge on any atom is 0.308 e. The number of esters is 1. The molecule has 6 nitrogen and oxygen atoms in total. The Balaban J connectivity index is 2.00. The number of methoxy groups -OCH3 is 1. The van der Waals surface area contributed by atoms with Crippen LogP contribution in [0.2, 0.25) is 0 Å². The maximum atomic E-state index is 12.1. The van der Waals surface area contributed by atoms with Crippen molar-refractivity contribution in [3.05, 3.63) is 35.9 Å². The van der Waals surface area contributed by atoms with Gasteiger partial charge < -0.3 is 9.47 Å². The number of ether oxygens (including phenoxy) is 2. The minimum atomic E-state index is -0.816. The van der Waals surface area contributed by atoms with Crippen LogP contribution in [-0.4, -0.2) is 49.5 Å². The van der Waals surface area contributed by atoms with Crippen LogP contribution in [0, 0.1) is 0 Å². The van der Waals surface area contributed by atoms with E-state index in [0.717, 1.165) is 5.56 Å². The topological polar surface area (TPSA) is 68.2 Å². The van der Waals surface area contributed by atoms with Crippen LogP contribution in [0.5, 0.6) is 0 Å². The van der Waals surface area contributed by atoms with E-state index in [1.807, 2.05) is 30.3 Å². The minimum absolute atomic E-state index is 0.0906. The fraction of sp³-hybridized carbons (Fsp3) is 0.357. The lowest BCUT2D eigenvalue weighted by molar-refractivity contribution is -0.160. The Kier molecular flexibility index (Phi) is 4.84. The van der Waals surface area contributed by atoms with Crippen molar-refractivity contribution in [2.24, 2.45) is 5.10 Å². The highest BCUT2D eigenvalue weighted by Gasteiger charge is 2.31. The molecule has 1 atom stereocenters. The van der Waals surface area contributed by atoms with Gasteiger partial charge in [-0.2, -0.15) is 5.10 Å². The highest BCUT2D eigenvalue weighted by molar-refractivity contribution is 5.87. The fourth-order valence-electron chi connectivity index (χ4n) is 1.80. The Hall–Kier alpha value is -2.21. The van der Waals surface area contributed by atoms with E-state index in [1.54, 1.807) is 6.21 Å². The number of rotatable bonds is 4. The van der Waals surface area contributed by atoms with E-state index in [9.17, 15) is 9.59 Å². The molecule has 2 rings (SSSR count). The standard InChI is InChI=1S/C14H16N2O4/c1-19-13(17)9-12-14(18)16(7-8-20-12)15-10-11-5-3-2-4-6-11/h2-6,10,12H,7-9H2,1H3/b15-10+/t12-/m0/s1. The Morgan fingerprint density at radius 2 is 2.25 bits per heavy atom. The highest BCUT2D eigenvalue weighted by atomic mass is 16.5. The van der Waals surface area contributed by atoms with Gasteiger partial charge in [0, 0.05) is 0 Å². The second-order valence-electron chi connectivity index (χ2n) is 4.26. The molecule has 0 unspecified atom stereocenters. The van der Waals surface area contributed by atoms with E-state index in [-0.39, 0.29) is 12.3 Å². The van der Waals surface area contributed by atoms with E-state index in [4.69, 9.17) is 4.74 Å². The maximum absolute atomic E-state index is 12.1. The molecule has 0 aliphatic carbocycles. The molecule has 1 heterocycles. The molecular formula is C14H16N2O4. The molecule has 0 spiro atoms. The molecule has 0 bridgehead atoms. The molecule has 0 N–H and O–H groups in total. The van der Waals surface area contributed by atoms with Crippen molar-refractivity contribution in [3.8, 4) is 0 Å². The predicted molar refractivity (Wildman–Crippen MR) is 72.1 cm³/mol. The molecule has 1 amide bonds. The van der Waals surface area contributed by atoms with Crippen molar-refractivity contribution in [2.75, 3.05) is 20.3 Å². The zero-order valence-corrected chi connectivity index (χ0v) is 11.2. The van der Waals surface area contributed by atoms with Gasteiger partial charge in [0.15, 0.2) is 0 Å². The first-order chi connectivity index (χ1) is 9.70. The first kappa shape index (κ1) is 14.2. The number of carbonyl (C=O) groups is 2. The van der Waals surface area contributed by atoms with Crippen molar-refractivity contribution < 1.29 is 19.1 Å². The smallest absolute Gasteiger partial charge is 0.308 e. The van der Waals surface area contributed by atoms with Crippen LogP contribution in [-0.2, 0) is 19.1 Å². The van der Waals surface area contributed by atoms with E-state index in [1.165, 1.54) is 12.1 Å². The molecule has 0 aromatic heterocycles. The van der Waals surface area contributed by atoms with Crippen molar-refractivity contribution in [2.45, 2.75) is 12.5 Å². The summed E-state index contributed by atoms with van der Waals surface area (Å²) in [6.07, 6.45) is 0.703. The van der Waals surface area contributed by atoms with Gasteiger partial charge in [-0.25, -0.2) is 5.01 Å². The molecule has 6 heteroatoms. The van der Waals surface area contributed by atoms with Crippen LogP contribution in [0.1, 0.15) is 12.0 Å². The molecular weight excluding hydrogens is 260 g/mol. The summed E-state index contributed by atoms with van der Waals surface area (Å²) in [5.41, 5.74) is 0.899. The summed E-state index contributed by atoms with van der Waals surface area (Å²) in [5, 5.41) is 5.47. The zero-order valence-electron chi connectivity index (χ0n) is 11.2. The fourth-order valence-corrected chi connectivity index (χ4v) is 1.80. The SMILES string of the molecule is COC(=O)C[C@@H]1OCCN(/N=C/c2ccccc2)C1=O. The van der Waals surface area contributed by atoms with Gasteiger partial charge in [0.1, 0.15) is 6.10 Å². The molecule has 106 valence electrons. The molecule has 1 aromatic rings. The van der Waals surface area contributed by atoms with Crippen molar-refractivity contribution in [3.63, 3.8) is 0 Å². The summed E-state index contributed by atoms with van der Waals surface area (Å²) >= 11 is 0. The van der Waals surface area contributed by atoms with Gasteiger partial charge in [-0.05, 0) is 5.56 Å². The average molecular weight is 276 g/mol. The Labute approximate surface area is 117 Å². The van der Waals surface area contributed by atoms with Gasteiger partial charge in [0.25, 0.3) is 5.91 Å². The summed E-state index contributed by atoms with van der Waals surface area (Å²) in [7, 11) is 1.28. The molecule has 20 heavy (non-hydrogen) atoms. The Morgan fingerprint density at radius 1 is 1.50 bits per heavy atom. The lowest BCUT2D eigenvalue weighted by atomic mass is 10.2. The largest absolute Gasteiger partial charge is 0.469 e. The van der Waals surface area contributed by atoms with Gasteiger partial charge >= 0.3 is 5.97 Å². The van der Waals surface area contributed by atoms with Crippen molar-refractivity contribution in [1.29, 1.82) is 0 Å². The van der Waals surface area contributed by atoms with E-state index in [2.05, 4.69) is 9.84 Å². The van der Waals surface area contributed by atoms with Crippen LogP contribution >= 0.6 is 0 Å². The first-order valence-corrected chi connectivity index (χ1v) is 6.29. The zero-order chi connectivity index (χ0) is 14.4. The Bertz CT molecular complexity index is 501. The van der Waals surface area contributed by atoms with Gasteiger partial charge in [-0.15, -0.1) is 0 Å². The number of benzene rings is 1. The van der Waals surface area contributed by atoms with E-state index < -0.39 is 12.1 Å². The van der Waals surface area contributed by atoms with Crippen LogP contribution in [0.25, 0.3) is 0 Å². The number of morpholine rings is 1. The number of carbonyl (C=O) groups excluding carboxylic acids is 2. The van der Waals surface area contributed by atoms with Gasteiger partial charge in [0.2, 0.25) is 0 Å².